The van der Waals surface area contributed by atoms with Gasteiger partial charge in [0.15, 0.2) is 0 Å². The van der Waals surface area contributed by atoms with Crippen molar-refractivity contribution in [1.82, 2.24) is 34.7 Å². The number of imidazole rings is 1. The van der Waals surface area contributed by atoms with Crippen LogP contribution in [0.5, 0.6) is 5.75 Å². The zero-order valence-electron chi connectivity index (χ0n) is 17.7. The Morgan fingerprint density at radius 2 is 1.79 bits per heavy atom. The predicted molar refractivity (Wildman–Crippen MR) is 124 cm³/mol. The Kier molecular flexibility index (Phi) is 5.23. The minimum atomic E-state index is -0.346. The first-order chi connectivity index (χ1) is 16.0. The van der Waals surface area contributed by atoms with Crippen molar-refractivity contribution in [3.63, 3.8) is 0 Å². The third-order valence-electron chi connectivity index (χ3n) is 5.11. The van der Waals surface area contributed by atoms with Gasteiger partial charge in [-0.05, 0) is 31.2 Å². The lowest BCUT2D eigenvalue weighted by molar-refractivity contribution is 0.413. The van der Waals surface area contributed by atoms with Gasteiger partial charge in [0.05, 0.1) is 36.7 Å². The van der Waals surface area contributed by atoms with Crippen molar-refractivity contribution >= 4 is 11.6 Å². The van der Waals surface area contributed by atoms with Crippen LogP contribution in [0.2, 0.25) is 5.02 Å². The first kappa shape index (κ1) is 20.7. The second-order valence-electron chi connectivity index (χ2n) is 7.33. The summed E-state index contributed by atoms with van der Waals surface area (Å²) >= 11 is 6.01. The minimum Gasteiger partial charge on any atom is -0.495 e. The summed E-state index contributed by atoms with van der Waals surface area (Å²) in [6.45, 7) is 1.93. The summed E-state index contributed by atoms with van der Waals surface area (Å²) in [5.74, 6) is 0.666. The standard InChI is InChI=1S/C23H18ClN7O2/c1-14-11-30(13-25-14)19-8-5-16(9-21(19)33-2)18-12-31(29-26-18)20-10-22(32)27-28-23(20)15-3-6-17(24)7-4-15/h3-13H,1-2H3,(H,27,32). The van der Waals surface area contributed by atoms with E-state index in [4.69, 9.17) is 16.3 Å². The summed E-state index contributed by atoms with van der Waals surface area (Å²) in [4.78, 5) is 16.3. The number of aromatic nitrogens is 7. The van der Waals surface area contributed by atoms with Crippen LogP contribution in [0, 0.1) is 6.92 Å². The van der Waals surface area contributed by atoms with Gasteiger partial charge in [-0.15, -0.1) is 5.10 Å². The number of hydrogen-bond acceptors (Lipinski definition) is 6. The number of aryl methyl sites for hydroxylation is 1. The molecule has 0 bridgehead atoms. The fourth-order valence-electron chi connectivity index (χ4n) is 3.50. The second-order valence-corrected chi connectivity index (χ2v) is 7.77. The van der Waals surface area contributed by atoms with Gasteiger partial charge in [-0.2, -0.15) is 5.10 Å². The van der Waals surface area contributed by atoms with E-state index in [2.05, 4.69) is 25.5 Å². The largest absolute Gasteiger partial charge is 0.495 e. The lowest BCUT2D eigenvalue weighted by Gasteiger charge is -2.10. The van der Waals surface area contributed by atoms with E-state index in [1.807, 2.05) is 48.0 Å². The normalized spacial score (nSPS) is 11.0. The first-order valence-corrected chi connectivity index (χ1v) is 10.4. The molecule has 10 heteroatoms. The molecule has 5 aromatic rings. The maximum absolute atomic E-state index is 12.0. The molecule has 0 unspecified atom stereocenters. The Morgan fingerprint density at radius 1 is 1.00 bits per heavy atom. The zero-order valence-corrected chi connectivity index (χ0v) is 18.5. The van der Waals surface area contributed by atoms with Gasteiger partial charge in [-0.1, -0.05) is 35.0 Å². The predicted octanol–water partition coefficient (Wildman–Crippen LogP) is 3.84. The number of nitrogens with one attached hydrogen (secondary N) is 1. The number of aromatic amines is 1. The monoisotopic (exact) mass is 459 g/mol. The van der Waals surface area contributed by atoms with Gasteiger partial charge in [0.2, 0.25) is 0 Å². The van der Waals surface area contributed by atoms with Crippen LogP contribution in [0.1, 0.15) is 5.69 Å². The lowest BCUT2D eigenvalue weighted by Crippen LogP contribution is -2.12. The third-order valence-corrected chi connectivity index (χ3v) is 5.36. The van der Waals surface area contributed by atoms with E-state index < -0.39 is 0 Å². The van der Waals surface area contributed by atoms with Crippen LogP contribution in [0.25, 0.3) is 33.9 Å². The van der Waals surface area contributed by atoms with Crippen LogP contribution in [0.4, 0.5) is 0 Å². The van der Waals surface area contributed by atoms with Crippen molar-refractivity contribution in [2.45, 2.75) is 6.92 Å². The van der Waals surface area contributed by atoms with Gasteiger partial charge in [0.1, 0.15) is 17.1 Å². The molecular weight excluding hydrogens is 442 g/mol. The highest BCUT2D eigenvalue weighted by molar-refractivity contribution is 6.30. The molecule has 0 radical (unpaired) electrons. The average molecular weight is 460 g/mol. The molecule has 0 aliphatic heterocycles. The van der Waals surface area contributed by atoms with Gasteiger partial charge in [-0.3, -0.25) is 4.79 Å². The third kappa shape index (κ3) is 4.01. The van der Waals surface area contributed by atoms with E-state index in [0.29, 0.717) is 27.8 Å². The van der Waals surface area contributed by atoms with Crippen LogP contribution in [-0.2, 0) is 0 Å². The van der Waals surface area contributed by atoms with E-state index in [9.17, 15) is 4.79 Å². The molecule has 0 amide bonds. The topological polar surface area (TPSA) is 104 Å². The Bertz CT molecular complexity index is 1500. The molecule has 164 valence electrons. The van der Waals surface area contributed by atoms with Crippen LogP contribution >= 0.6 is 11.6 Å². The first-order valence-electron chi connectivity index (χ1n) is 9.99. The molecule has 0 saturated heterocycles. The maximum Gasteiger partial charge on any atom is 0.266 e. The molecule has 0 atom stereocenters. The van der Waals surface area contributed by atoms with Crippen molar-refractivity contribution in [3.8, 4) is 39.6 Å². The van der Waals surface area contributed by atoms with Crippen LogP contribution in [0.3, 0.4) is 0 Å². The van der Waals surface area contributed by atoms with E-state index in [1.54, 1.807) is 31.8 Å². The molecule has 9 nitrogen and oxygen atoms in total. The fourth-order valence-corrected chi connectivity index (χ4v) is 3.63. The van der Waals surface area contributed by atoms with Gasteiger partial charge in [0, 0.05) is 28.4 Å². The summed E-state index contributed by atoms with van der Waals surface area (Å²) in [5, 5.41) is 15.8. The fraction of sp³-hybridized carbons (Fsp3) is 0.0870. The molecule has 3 heterocycles. The Hall–Kier alpha value is -4.24. The SMILES string of the molecule is COc1cc(-c2cn(-c3cc(=O)[nH]nc3-c3ccc(Cl)cc3)nn2)ccc1-n1cnc(C)c1. The Labute approximate surface area is 193 Å². The molecule has 5 rings (SSSR count). The van der Waals surface area contributed by atoms with Crippen LogP contribution < -0.4 is 10.3 Å². The highest BCUT2D eigenvalue weighted by Crippen LogP contribution is 2.30. The van der Waals surface area contributed by atoms with E-state index in [1.165, 1.54) is 10.7 Å². The number of hydrogen-bond donors (Lipinski definition) is 1. The summed E-state index contributed by atoms with van der Waals surface area (Å²) in [5.41, 5.74) is 4.67. The summed E-state index contributed by atoms with van der Waals surface area (Å²) in [6, 6.07) is 14.3. The number of halogens is 1. The van der Waals surface area contributed by atoms with E-state index >= 15 is 0 Å². The molecule has 0 saturated carbocycles. The average Bonchev–Trinajstić information content (AvgIpc) is 3.49. The summed E-state index contributed by atoms with van der Waals surface area (Å²) in [6.07, 6.45) is 5.40. The smallest absolute Gasteiger partial charge is 0.266 e. The highest BCUT2D eigenvalue weighted by atomic mass is 35.5. The zero-order chi connectivity index (χ0) is 22.9. The molecule has 33 heavy (non-hydrogen) atoms. The molecular formula is C23H18ClN7O2. The van der Waals surface area contributed by atoms with Crippen molar-refractivity contribution in [3.05, 3.63) is 88.3 Å². The van der Waals surface area contributed by atoms with Crippen molar-refractivity contribution in [2.24, 2.45) is 0 Å². The van der Waals surface area contributed by atoms with Crippen LogP contribution in [-0.4, -0.2) is 41.9 Å². The molecule has 3 aromatic heterocycles. The quantitative estimate of drug-likeness (QED) is 0.428. The number of benzene rings is 2. The number of H-pyrrole nitrogens is 1. The van der Waals surface area contributed by atoms with Crippen LogP contribution in [0.15, 0.2) is 72.0 Å². The second kappa shape index (κ2) is 8.36. The minimum absolute atomic E-state index is 0.346. The van der Waals surface area contributed by atoms with Gasteiger partial charge in [-0.25, -0.2) is 14.8 Å². The lowest BCUT2D eigenvalue weighted by atomic mass is 10.1. The highest BCUT2D eigenvalue weighted by Gasteiger charge is 2.15. The number of ether oxygens (including phenoxy) is 1. The number of rotatable bonds is 5. The molecule has 0 aliphatic rings. The van der Waals surface area contributed by atoms with Crippen molar-refractivity contribution < 1.29 is 4.74 Å². The molecule has 2 aromatic carbocycles. The Balaban J connectivity index is 1.55. The molecule has 0 spiro atoms. The van der Waals surface area contributed by atoms with Gasteiger partial charge < -0.3 is 9.30 Å². The van der Waals surface area contributed by atoms with Crippen molar-refractivity contribution in [2.75, 3.05) is 7.11 Å². The Morgan fingerprint density at radius 3 is 2.52 bits per heavy atom. The molecule has 1 N–H and O–H groups in total. The maximum atomic E-state index is 12.0. The van der Waals surface area contributed by atoms with Gasteiger partial charge >= 0.3 is 0 Å². The van der Waals surface area contributed by atoms with E-state index in [-0.39, 0.29) is 5.56 Å². The molecule has 0 fully saturated rings. The summed E-state index contributed by atoms with van der Waals surface area (Å²) in [7, 11) is 1.61. The molecule has 0 aliphatic carbocycles. The van der Waals surface area contributed by atoms with Gasteiger partial charge in [0.25, 0.3) is 5.56 Å². The van der Waals surface area contributed by atoms with Crippen molar-refractivity contribution in [1.29, 1.82) is 0 Å². The summed E-state index contributed by atoms with van der Waals surface area (Å²) < 4.78 is 9.02. The number of methoxy groups -OCH3 is 1. The number of nitrogens with zero attached hydrogens (tertiary/aromatic N) is 6. The van der Waals surface area contributed by atoms with E-state index in [0.717, 1.165) is 22.5 Å².